The summed E-state index contributed by atoms with van der Waals surface area (Å²) in [4.78, 5) is 32.4. The predicted octanol–water partition coefficient (Wildman–Crippen LogP) is 1.74. The first kappa shape index (κ1) is 19.4. The Balaban J connectivity index is 1.43. The molecule has 0 N–H and O–H groups in total. The number of aromatic nitrogens is 2. The zero-order valence-electron chi connectivity index (χ0n) is 15.9. The maximum atomic E-state index is 12.4. The molecule has 0 radical (unpaired) electrons. The van der Waals surface area contributed by atoms with Crippen LogP contribution in [0.2, 0.25) is 0 Å². The van der Waals surface area contributed by atoms with Gasteiger partial charge in [0.15, 0.2) is 11.9 Å². The van der Waals surface area contributed by atoms with E-state index < -0.39 is 42.3 Å². The fraction of sp³-hybridized carbons (Fsp3) is 0.400. The number of pyridine rings is 2. The predicted molar refractivity (Wildman–Crippen MR) is 96.7 cm³/mol. The number of rotatable bonds is 5. The fourth-order valence-corrected chi connectivity index (χ4v) is 3.24. The van der Waals surface area contributed by atoms with Crippen molar-refractivity contribution in [1.82, 2.24) is 9.97 Å². The van der Waals surface area contributed by atoms with E-state index in [9.17, 15) is 9.59 Å². The van der Waals surface area contributed by atoms with Gasteiger partial charge in [-0.2, -0.15) is 0 Å². The minimum absolute atomic E-state index is 0.100. The van der Waals surface area contributed by atoms with E-state index in [2.05, 4.69) is 9.97 Å². The van der Waals surface area contributed by atoms with Crippen molar-refractivity contribution in [1.29, 1.82) is 0 Å². The summed E-state index contributed by atoms with van der Waals surface area (Å²) in [6.07, 6.45) is 1.58. The number of fused-ring (bicyclic) bond motifs is 1. The van der Waals surface area contributed by atoms with Crippen LogP contribution in [0.4, 0.5) is 0 Å². The lowest BCUT2D eigenvalue weighted by Crippen LogP contribution is -2.33. The van der Waals surface area contributed by atoms with Crippen LogP contribution < -0.4 is 0 Å². The van der Waals surface area contributed by atoms with Gasteiger partial charge in [-0.25, -0.2) is 14.6 Å². The molecule has 29 heavy (non-hydrogen) atoms. The second-order valence-corrected chi connectivity index (χ2v) is 7.07. The highest BCUT2D eigenvalue weighted by atomic mass is 16.8. The Morgan fingerprint density at radius 3 is 2.62 bits per heavy atom. The Labute approximate surface area is 166 Å². The highest BCUT2D eigenvalue weighted by Crippen LogP contribution is 2.39. The zero-order chi connectivity index (χ0) is 20.4. The summed E-state index contributed by atoms with van der Waals surface area (Å²) in [7, 11) is 0. The van der Waals surface area contributed by atoms with Gasteiger partial charge in [-0.1, -0.05) is 6.07 Å². The molecule has 0 aliphatic carbocycles. The molecule has 0 aromatic carbocycles. The van der Waals surface area contributed by atoms with Gasteiger partial charge in [-0.05, 0) is 38.1 Å². The van der Waals surface area contributed by atoms with Gasteiger partial charge < -0.3 is 23.7 Å². The van der Waals surface area contributed by atoms with Crippen molar-refractivity contribution in [3.63, 3.8) is 0 Å². The average molecular weight is 400 g/mol. The minimum atomic E-state index is -1.01. The second kappa shape index (κ2) is 7.86. The lowest BCUT2D eigenvalue weighted by Gasteiger charge is -2.23. The van der Waals surface area contributed by atoms with Gasteiger partial charge in [-0.3, -0.25) is 4.98 Å². The van der Waals surface area contributed by atoms with Gasteiger partial charge in [0.05, 0.1) is 5.56 Å². The molecule has 2 aromatic heterocycles. The molecule has 0 amide bonds. The van der Waals surface area contributed by atoms with Crippen molar-refractivity contribution in [2.45, 2.75) is 44.2 Å². The summed E-state index contributed by atoms with van der Waals surface area (Å²) in [5, 5.41) is 0. The first-order chi connectivity index (χ1) is 13.9. The van der Waals surface area contributed by atoms with E-state index in [1.54, 1.807) is 50.4 Å². The maximum Gasteiger partial charge on any atom is 0.357 e. The van der Waals surface area contributed by atoms with E-state index in [1.807, 2.05) is 0 Å². The molecule has 0 bridgehead atoms. The molecule has 9 nitrogen and oxygen atoms in total. The van der Waals surface area contributed by atoms with Gasteiger partial charge in [-0.15, -0.1) is 0 Å². The third-order valence-corrected chi connectivity index (χ3v) is 4.48. The van der Waals surface area contributed by atoms with Crippen molar-refractivity contribution in [2.24, 2.45) is 0 Å². The van der Waals surface area contributed by atoms with Crippen molar-refractivity contribution >= 4 is 11.9 Å². The average Bonchev–Trinajstić information content (AvgIpc) is 3.21. The Morgan fingerprint density at radius 1 is 1.07 bits per heavy atom. The molecule has 2 aliphatic rings. The number of carbonyl (C=O) groups excluding carboxylic acids is 2. The molecule has 1 unspecified atom stereocenters. The molecular formula is C20H20N2O7. The summed E-state index contributed by atoms with van der Waals surface area (Å²) in [6.45, 7) is 3.40. The van der Waals surface area contributed by atoms with Crippen LogP contribution in [0.5, 0.6) is 0 Å². The highest BCUT2D eigenvalue weighted by molar-refractivity contribution is 5.89. The minimum Gasteiger partial charge on any atom is -0.458 e. The van der Waals surface area contributed by atoms with E-state index in [-0.39, 0.29) is 17.9 Å². The molecule has 2 saturated heterocycles. The van der Waals surface area contributed by atoms with E-state index in [1.165, 1.54) is 12.4 Å². The Bertz CT molecular complexity index is 875. The first-order valence-corrected chi connectivity index (χ1v) is 9.13. The standard InChI is InChI=1S/C20H20N2O7/c1-20(2)28-15-14(11-25-18(24)13-7-3-4-9-22-13)26-19(16(15)29-20)27-17(23)12-6-5-8-21-10-12/h3-10,14-16,19H,11H2,1-2H3/t14-,15-,16-,19?/m1/s1. The molecule has 152 valence electrons. The van der Waals surface area contributed by atoms with Crippen LogP contribution in [-0.4, -0.2) is 58.9 Å². The summed E-state index contributed by atoms with van der Waals surface area (Å²) >= 11 is 0. The monoisotopic (exact) mass is 400 g/mol. The quantitative estimate of drug-likeness (QED) is 0.694. The maximum absolute atomic E-state index is 12.4. The van der Waals surface area contributed by atoms with Crippen molar-refractivity contribution < 1.29 is 33.3 Å². The molecule has 2 aromatic rings. The fourth-order valence-electron chi connectivity index (χ4n) is 3.24. The van der Waals surface area contributed by atoms with Crippen LogP contribution in [0, 0.1) is 0 Å². The van der Waals surface area contributed by atoms with Gasteiger partial charge >= 0.3 is 11.9 Å². The largest absolute Gasteiger partial charge is 0.458 e. The van der Waals surface area contributed by atoms with E-state index in [0.717, 1.165) is 0 Å². The molecule has 4 rings (SSSR count). The topological polar surface area (TPSA) is 106 Å². The molecule has 0 spiro atoms. The molecule has 0 saturated carbocycles. The van der Waals surface area contributed by atoms with Crippen molar-refractivity contribution in [3.8, 4) is 0 Å². The van der Waals surface area contributed by atoms with Gasteiger partial charge in [0.25, 0.3) is 0 Å². The first-order valence-electron chi connectivity index (χ1n) is 9.13. The van der Waals surface area contributed by atoms with Crippen molar-refractivity contribution in [2.75, 3.05) is 6.61 Å². The van der Waals surface area contributed by atoms with Crippen LogP contribution in [0.25, 0.3) is 0 Å². The van der Waals surface area contributed by atoms with Crippen LogP contribution >= 0.6 is 0 Å². The Kier molecular flexibility index (Phi) is 5.27. The van der Waals surface area contributed by atoms with E-state index >= 15 is 0 Å². The highest BCUT2D eigenvalue weighted by Gasteiger charge is 2.57. The number of hydrogen-bond acceptors (Lipinski definition) is 9. The van der Waals surface area contributed by atoms with Crippen LogP contribution in [0.3, 0.4) is 0 Å². The lowest BCUT2D eigenvalue weighted by molar-refractivity contribution is -0.223. The SMILES string of the molecule is CC1(C)O[C@@H]2[C@@H](COC(=O)c3ccccn3)OC(OC(=O)c3cccnc3)[C@@H]2O1. The van der Waals surface area contributed by atoms with Crippen LogP contribution in [0.15, 0.2) is 48.9 Å². The molecule has 2 fully saturated rings. The van der Waals surface area contributed by atoms with Gasteiger partial charge in [0, 0.05) is 18.6 Å². The zero-order valence-corrected chi connectivity index (χ0v) is 15.9. The Morgan fingerprint density at radius 2 is 1.90 bits per heavy atom. The lowest BCUT2D eigenvalue weighted by atomic mass is 10.1. The number of hydrogen-bond donors (Lipinski definition) is 0. The summed E-state index contributed by atoms with van der Waals surface area (Å²) in [5.74, 6) is -2.07. The number of carbonyl (C=O) groups is 2. The third-order valence-electron chi connectivity index (χ3n) is 4.48. The van der Waals surface area contributed by atoms with E-state index in [4.69, 9.17) is 23.7 Å². The second-order valence-electron chi connectivity index (χ2n) is 7.07. The number of esters is 2. The molecular weight excluding hydrogens is 380 g/mol. The number of nitrogens with zero attached hydrogens (tertiary/aromatic N) is 2. The van der Waals surface area contributed by atoms with Crippen molar-refractivity contribution in [3.05, 3.63) is 60.2 Å². The van der Waals surface area contributed by atoms with Crippen LogP contribution in [-0.2, 0) is 23.7 Å². The van der Waals surface area contributed by atoms with E-state index in [0.29, 0.717) is 0 Å². The normalized spacial score (nSPS) is 27.2. The smallest absolute Gasteiger partial charge is 0.357 e. The van der Waals surface area contributed by atoms with Crippen LogP contribution in [0.1, 0.15) is 34.7 Å². The molecule has 4 atom stereocenters. The van der Waals surface area contributed by atoms with Gasteiger partial charge in [0.1, 0.15) is 24.5 Å². The summed E-state index contributed by atoms with van der Waals surface area (Å²) < 4.78 is 28.3. The summed E-state index contributed by atoms with van der Waals surface area (Å²) in [5.41, 5.74) is 0.473. The summed E-state index contributed by atoms with van der Waals surface area (Å²) in [6, 6.07) is 8.17. The Hall–Kier alpha value is -2.88. The number of ether oxygens (including phenoxy) is 5. The molecule has 2 aliphatic heterocycles. The third kappa shape index (κ3) is 4.26. The van der Waals surface area contributed by atoms with Gasteiger partial charge in [0.2, 0.25) is 6.29 Å². The molecule has 4 heterocycles. The molecule has 9 heteroatoms.